The van der Waals surface area contributed by atoms with Crippen LogP contribution in [0.2, 0.25) is 10.0 Å². The maximum absolute atomic E-state index is 12.6. The number of imidazole rings is 1. The van der Waals surface area contributed by atoms with Gasteiger partial charge in [-0.05, 0) is 31.2 Å². The minimum absolute atomic E-state index is 0.281. The second-order valence-corrected chi connectivity index (χ2v) is 6.29. The Bertz CT molecular complexity index is 983. The molecule has 7 heteroatoms. The number of nitrogens with one attached hydrogen (secondary N) is 1. The van der Waals surface area contributed by atoms with Crippen molar-refractivity contribution in [3.05, 3.63) is 63.5 Å². The summed E-state index contributed by atoms with van der Waals surface area (Å²) >= 11 is 12.2. The topological polar surface area (TPSA) is 66.6 Å². The molecule has 0 saturated heterocycles. The van der Waals surface area contributed by atoms with Crippen LogP contribution in [0.25, 0.3) is 5.65 Å². The predicted octanol–water partition coefficient (Wildman–Crippen LogP) is 3.14. The van der Waals surface area contributed by atoms with Gasteiger partial charge in [0, 0.05) is 16.8 Å². The van der Waals surface area contributed by atoms with E-state index in [0.717, 1.165) is 0 Å². The lowest BCUT2D eigenvalue weighted by Gasteiger charge is -2.22. The minimum atomic E-state index is -1.91. The number of fused-ring (bicyclic) bond motifs is 2. The van der Waals surface area contributed by atoms with Crippen LogP contribution in [-0.4, -0.2) is 20.4 Å². The third kappa shape index (κ3) is 1.84. The minimum Gasteiger partial charge on any atom is -0.370 e. The molecule has 0 unspecified atom stereocenters. The highest BCUT2D eigenvalue weighted by molar-refractivity contribution is 6.37. The number of halogens is 2. The standard InChI is InChI=1S/C16H11Cl2N3O2/c1-8-14(21-5-3-2-4-12(21)19-8)16(23)10-6-9(17)7-11(18)13(10)20-15(16)22/h2-7,23H,1H3,(H,20,22)/t16-/m1/s1. The molecule has 0 bridgehead atoms. The average molecular weight is 348 g/mol. The Kier molecular flexibility index (Phi) is 2.97. The summed E-state index contributed by atoms with van der Waals surface area (Å²) in [6.07, 6.45) is 1.75. The SMILES string of the molecule is Cc1nc2ccccn2c1[C@@]1(O)C(=O)Nc2c(Cl)cc(Cl)cc21. The Balaban J connectivity index is 2.09. The Morgan fingerprint density at radius 3 is 2.87 bits per heavy atom. The zero-order valence-electron chi connectivity index (χ0n) is 12.0. The number of carbonyl (C=O) groups is 1. The monoisotopic (exact) mass is 347 g/mol. The van der Waals surface area contributed by atoms with Crippen LogP contribution < -0.4 is 5.32 Å². The molecule has 1 atom stereocenters. The lowest BCUT2D eigenvalue weighted by molar-refractivity contribution is -0.130. The van der Waals surface area contributed by atoms with Crippen LogP contribution in [0.5, 0.6) is 0 Å². The van der Waals surface area contributed by atoms with Crippen LogP contribution in [0.15, 0.2) is 36.5 Å². The van der Waals surface area contributed by atoms with Gasteiger partial charge >= 0.3 is 0 Å². The second kappa shape index (κ2) is 4.71. The van der Waals surface area contributed by atoms with Crippen molar-refractivity contribution in [2.45, 2.75) is 12.5 Å². The molecule has 0 saturated carbocycles. The number of pyridine rings is 1. The van der Waals surface area contributed by atoms with Gasteiger partial charge < -0.3 is 10.4 Å². The number of anilines is 1. The molecule has 1 aliphatic rings. The van der Waals surface area contributed by atoms with E-state index in [1.807, 2.05) is 6.07 Å². The normalized spacial score (nSPS) is 19.9. The fourth-order valence-electron chi connectivity index (χ4n) is 3.10. The summed E-state index contributed by atoms with van der Waals surface area (Å²) < 4.78 is 1.69. The number of amides is 1. The largest absolute Gasteiger partial charge is 0.370 e. The zero-order chi connectivity index (χ0) is 16.4. The van der Waals surface area contributed by atoms with E-state index in [9.17, 15) is 9.90 Å². The summed E-state index contributed by atoms with van der Waals surface area (Å²) in [6, 6.07) is 8.52. The number of hydrogen-bond acceptors (Lipinski definition) is 3. The summed E-state index contributed by atoms with van der Waals surface area (Å²) in [7, 11) is 0. The number of aromatic nitrogens is 2. The first-order valence-corrected chi connectivity index (χ1v) is 7.66. The molecule has 1 amide bonds. The quantitative estimate of drug-likeness (QED) is 0.710. The first kappa shape index (κ1) is 14.5. The molecule has 0 radical (unpaired) electrons. The van der Waals surface area contributed by atoms with E-state index in [4.69, 9.17) is 23.2 Å². The fourth-order valence-corrected chi connectivity index (χ4v) is 3.64. The van der Waals surface area contributed by atoms with E-state index in [0.29, 0.717) is 33.3 Å². The molecule has 3 aromatic rings. The smallest absolute Gasteiger partial charge is 0.267 e. The number of carbonyl (C=O) groups excluding carboxylic acids is 1. The van der Waals surface area contributed by atoms with Crippen LogP contribution in [0.4, 0.5) is 5.69 Å². The number of rotatable bonds is 1. The van der Waals surface area contributed by atoms with Gasteiger partial charge in [-0.2, -0.15) is 0 Å². The second-order valence-electron chi connectivity index (χ2n) is 5.45. The van der Waals surface area contributed by atoms with E-state index in [1.54, 1.807) is 35.7 Å². The van der Waals surface area contributed by atoms with Crippen LogP contribution in [0.3, 0.4) is 0 Å². The molecular weight excluding hydrogens is 337 g/mol. The van der Waals surface area contributed by atoms with Gasteiger partial charge in [-0.15, -0.1) is 0 Å². The van der Waals surface area contributed by atoms with E-state index >= 15 is 0 Å². The van der Waals surface area contributed by atoms with Crippen molar-refractivity contribution in [2.75, 3.05) is 5.32 Å². The third-order valence-corrected chi connectivity index (χ3v) is 4.58. The summed E-state index contributed by atoms with van der Waals surface area (Å²) in [5.41, 5.74) is 0.361. The van der Waals surface area contributed by atoms with Crippen molar-refractivity contribution in [1.82, 2.24) is 9.38 Å². The maximum atomic E-state index is 12.6. The molecule has 23 heavy (non-hydrogen) atoms. The predicted molar refractivity (Wildman–Crippen MR) is 88.0 cm³/mol. The van der Waals surface area contributed by atoms with Gasteiger partial charge in [0.2, 0.25) is 5.60 Å². The molecule has 0 fully saturated rings. The van der Waals surface area contributed by atoms with Gasteiger partial charge in [0.15, 0.2) is 0 Å². The summed E-state index contributed by atoms with van der Waals surface area (Å²) in [5, 5.41) is 14.6. The van der Waals surface area contributed by atoms with Crippen molar-refractivity contribution in [3.63, 3.8) is 0 Å². The first-order chi connectivity index (χ1) is 10.9. The van der Waals surface area contributed by atoms with E-state index < -0.39 is 11.5 Å². The van der Waals surface area contributed by atoms with Gasteiger partial charge in [-0.3, -0.25) is 9.20 Å². The van der Waals surface area contributed by atoms with Crippen molar-refractivity contribution in [1.29, 1.82) is 0 Å². The van der Waals surface area contributed by atoms with Crippen molar-refractivity contribution < 1.29 is 9.90 Å². The van der Waals surface area contributed by atoms with E-state index in [-0.39, 0.29) is 5.02 Å². The Morgan fingerprint density at radius 1 is 1.30 bits per heavy atom. The lowest BCUT2D eigenvalue weighted by atomic mass is 9.90. The molecule has 116 valence electrons. The maximum Gasteiger partial charge on any atom is 0.267 e. The number of hydrogen-bond donors (Lipinski definition) is 2. The third-order valence-electron chi connectivity index (χ3n) is 4.06. The number of aliphatic hydroxyl groups is 1. The Labute approximate surface area is 141 Å². The first-order valence-electron chi connectivity index (χ1n) is 6.90. The lowest BCUT2D eigenvalue weighted by Crippen LogP contribution is -2.37. The van der Waals surface area contributed by atoms with Crippen LogP contribution in [0, 0.1) is 6.92 Å². The molecule has 0 spiro atoms. The zero-order valence-corrected chi connectivity index (χ0v) is 13.5. The van der Waals surface area contributed by atoms with Crippen LogP contribution >= 0.6 is 23.2 Å². The Morgan fingerprint density at radius 2 is 2.09 bits per heavy atom. The van der Waals surface area contributed by atoms with Gasteiger partial charge in [0.05, 0.1) is 22.1 Å². The molecule has 3 heterocycles. The van der Waals surface area contributed by atoms with Crippen molar-refractivity contribution in [3.8, 4) is 0 Å². The fraction of sp³-hybridized carbons (Fsp3) is 0.125. The molecule has 4 rings (SSSR count). The van der Waals surface area contributed by atoms with Crippen molar-refractivity contribution >= 4 is 40.4 Å². The highest BCUT2D eigenvalue weighted by Crippen LogP contribution is 2.46. The number of aryl methyl sites for hydroxylation is 1. The van der Waals surface area contributed by atoms with Crippen molar-refractivity contribution in [2.24, 2.45) is 0 Å². The van der Waals surface area contributed by atoms with E-state index in [1.165, 1.54) is 6.07 Å². The van der Waals surface area contributed by atoms with Gasteiger partial charge in [-0.25, -0.2) is 4.98 Å². The molecular formula is C16H11Cl2N3O2. The molecule has 5 nitrogen and oxygen atoms in total. The van der Waals surface area contributed by atoms with Crippen LogP contribution in [0.1, 0.15) is 17.0 Å². The number of nitrogens with zero attached hydrogens (tertiary/aromatic N) is 2. The summed E-state index contributed by atoms with van der Waals surface area (Å²) in [4.78, 5) is 17.0. The van der Waals surface area contributed by atoms with Crippen LogP contribution in [-0.2, 0) is 10.4 Å². The molecule has 0 aliphatic carbocycles. The summed E-state index contributed by atoms with van der Waals surface area (Å²) in [5.74, 6) is -0.578. The molecule has 2 N–H and O–H groups in total. The average Bonchev–Trinajstić information content (AvgIpc) is 2.96. The van der Waals surface area contributed by atoms with Gasteiger partial charge in [-0.1, -0.05) is 29.3 Å². The molecule has 2 aromatic heterocycles. The molecule has 1 aliphatic heterocycles. The summed E-state index contributed by atoms with van der Waals surface area (Å²) in [6.45, 7) is 1.75. The molecule has 1 aromatic carbocycles. The Hall–Kier alpha value is -2.08. The number of benzene rings is 1. The highest BCUT2D eigenvalue weighted by Gasteiger charge is 2.50. The highest BCUT2D eigenvalue weighted by atomic mass is 35.5. The van der Waals surface area contributed by atoms with Gasteiger partial charge in [0.25, 0.3) is 5.91 Å². The van der Waals surface area contributed by atoms with E-state index in [2.05, 4.69) is 10.3 Å². The van der Waals surface area contributed by atoms with Gasteiger partial charge in [0.1, 0.15) is 5.65 Å².